The summed E-state index contributed by atoms with van der Waals surface area (Å²) in [5, 5.41) is 6.88. The third-order valence-corrected chi connectivity index (χ3v) is 5.09. The highest BCUT2D eigenvalue weighted by atomic mass is 35.5. The van der Waals surface area contributed by atoms with Crippen molar-refractivity contribution >= 4 is 58.0 Å². The first kappa shape index (κ1) is 16.0. The molecule has 1 N–H and O–H groups in total. The average molecular weight is 372 g/mol. The van der Waals surface area contributed by atoms with Crippen molar-refractivity contribution in [2.24, 2.45) is 5.10 Å². The average Bonchev–Trinajstić information content (AvgIpc) is 2.44. The van der Waals surface area contributed by atoms with Crippen molar-refractivity contribution in [2.45, 2.75) is 23.5 Å². The van der Waals surface area contributed by atoms with Crippen LogP contribution in [0.1, 0.15) is 18.9 Å². The van der Waals surface area contributed by atoms with Crippen molar-refractivity contribution in [2.75, 3.05) is 5.43 Å². The number of thioether (sulfide) groups is 1. The number of nitrogens with one attached hydrogen (secondary N) is 1. The van der Waals surface area contributed by atoms with E-state index in [2.05, 4.69) is 17.5 Å². The first-order valence-corrected chi connectivity index (χ1v) is 8.78. The molecule has 2 nitrogen and oxygen atoms in total. The van der Waals surface area contributed by atoms with E-state index < -0.39 is 0 Å². The Balaban J connectivity index is 1.92. The normalized spacial score (nSPS) is 19.1. The lowest BCUT2D eigenvalue weighted by Gasteiger charge is -2.22. The number of halogens is 3. The molecule has 0 aliphatic carbocycles. The zero-order chi connectivity index (χ0) is 15.7. The molecule has 0 spiro atoms. The van der Waals surface area contributed by atoms with Crippen LogP contribution in [0.3, 0.4) is 0 Å². The number of hydrogen-bond donors (Lipinski definition) is 1. The maximum absolute atomic E-state index is 6.12. The van der Waals surface area contributed by atoms with Crippen LogP contribution in [0.5, 0.6) is 0 Å². The summed E-state index contributed by atoms with van der Waals surface area (Å²) in [5.41, 5.74) is 5.87. The second kappa shape index (κ2) is 6.71. The number of hydrogen-bond acceptors (Lipinski definition) is 3. The van der Waals surface area contributed by atoms with Crippen LogP contribution in [-0.4, -0.2) is 11.0 Å². The number of rotatable bonds is 2. The molecular weight excluding hydrogens is 359 g/mol. The van der Waals surface area contributed by atoms with Crippen LogP contribution < -0.4 is 5.43 Å². The lowest BCUT2D eigenvalue weighted by Crippen LogP contribution is -2.17. The molecule has 0 bridgehead atoms. The minimum Gasteiger partial charge on any atom is -0.278 e. The van der Waals surface area contributed by atoms with Gasteiger partial charge in [0.05, 0.1) is 11.4 Å². The second-order valence-electron chi connectivity index (χ2n) is 5.10. The largest absolute Gasteiger partial charge is 0.278 e. The summed E-state index contributed by atoms with van der Waals surface area (Å²) in [6.45, 7) is 2.19. The minimum atomic E-state index is 0.470. The summed E-state index contributed by atoms with van der Waals surface area (Å²) < 4.78 is 0. The predicted octanol–water partition coefficient (Wildman–Crippen LogP) is 6.35. The van der Waals surface area contributed by atoms with E-state index in [0.717, 1.165) is 23.4 Å². The van der Waals surface area contributed by atoms with E-state index in [1.807, 2.05) is 30.0 Å². The van der Waals surface area contributed by atoms with Crippen LogP contribution in [0.15, 0.2) is 46.4 Å². The molecule has 2 aromatic rings. The maximum Gasteiger partial charge on any atom is 0.0702 e. The fourth-order valence-corrected chi connectivity index (χ4v) is 4.15. The number of benzene rings is 2. The highest BCUT2D eigenvalue weighted by Gasteiger charge is 2.21. The smallest absolute Gasteiger partial charge is 0.0702 e. The molecule has 1 aliphatic heterocycles. The minimum absolute atomic E-state index is 0.470. The molecule has 1 heterocycles. The first-order chi connectivity index (χ1) is 10.5. The number of hydrazone groups is 1. The molecule has 22 heavy (non-hydrogen) atoms. The van der Waals surface area contributed by atoms with Crippen LogP contribution in [0.4, 0.5) is 5.69 Å². The molecule has 114 valence electrons. The Morgan fingerprint density at radius 1 is 1.05 bits per heavy atom. The Hall–Kier alpha value is -0.870. The van der Waals surface area contributed by atoms with Crippen LogP contribution in [0.2, 0.25) is 15.1 Å². The second-order valence-corrected chi connectivity index (χ2v) is 7.89. The zero-order valence-corrected chi connectivity index (χ0v) is 14.8. The van der Waals surface area contributed by atoms with Crippen LogP contribution in [0.25, 0.3) is 0 Å². The SMILES string of the molecule is CC1CC(=NNc2cc(Cl)cc(Cl)c2)c2cc(Cl)ccc2S1. The quantitative estimate of drug-likeness (QED) is 0.622. The summed E-state index contributed by atoms with van der Waals surface area (Å²) in [6.07, 6.45) is 0.874. The Kier molecular flexibility index (Phi) is 4.88. The molecule has 0 aromatic heterocycles. The number of anilines is 1. The van der Waals surface area contributed by atoms with Gasteiger partial charge >= 0.3 is 0 Å². The molecule has 0 fully saturated rings. The van der Waals surface area contributed by atoms with Crippen LogP contribution in [0, 0.1) is 0 Å². The molecule has 6 heteroatoms. The highest BCUT2D eigenvalue weighted by molar-refractivity contribution is 8.00. The van der Waals surface area contributed by atoms with Crippen molar-refractivity contribution in [3.63, 3.8) is 0 Å². The molecule has 0 saturated carbocycles. The van der Waals surface area contributed by atoms with Crippen LogP contribution in [-0.2, 0) is 0 Å². The molecular formula is C16H13Cl3N2S. The van der Waals surface area contributed by atoms with Gasteiger partial charge in [-0.25, -0.2) is 0 Å². The zero-order valence-electron chi connectivity index (χ0n) is 11.7. The highest BCUT2D eigenvalue weighted by Crippen LogP contribution is 2.36. The van der Waals surface area contributed by atoms with Gasteiger partial charge in [-0.05, 0) is 36.4 Å². The predicted molar refractivity (Wildman–Crippen MR) is 98.0 cm³/mol. The van der Waals surface area contributed by atoms with Gasteiger partial charge in [0.15, 0.2) is 0 Å². The lowest BCUT2D eigenvalue weighted by molar-refractivity contribution is 0.988. The molecule has 1 unspecified atom stereocenters. The van der Waals surface area contributed by atoms with Crippen LogP contribution >= 0.6 is 46.6 Å². The summed E-state index contributed by atoms with van der Waals surface area (Å²) in [7, 11) is 0. The van der Waals surface area contributed by atoms with E-state index in [1.54, 1.807) is 18.2 Å². The summed E-state index contributed by atoms with van der Waals surface area (Å²) >= 11 is 20.0. The Bertz CT molecular complexity index is 726. The Morgan fingerprint density at radius 2 is 1.77 bits per heavy atom. The van der Waals surface area contributed by atoms with E-state index in [0.29, 0.717) is 20.3 Å². The van der Waals surface area contributed by atoms with Gasteiger partial charge in [0, 0.05) is 37.2 Å². The number of nitrogens with zero attached hydrogens (tertiary/aromatic N) is 1. The summed E-state index contributed by atoms with van der Waals surface area (Å²) in [4.78, 5) is 1.20. The molecule has 0 radical (unpaired) electrons. The third kappa shape index (κ3) is 3.72. The molecule has 2 aromatic carbocycles. The molecule has 1 atom stereocenters. The van der Waals surface area contributed by atoms with E-state index in [4.69, 9.17) is 34.8 Å². The molecule has 1 aliphatic rings. The van der Waals surface area contributed by atoms with E-state index in [9.17, 15) is 0 Å². The maximum atomic E-state index is 6.12. The van der Waals surface area contributed by atoms with E-state index >= 15 is 0 Å². The molecule has 3 rings (SSSR count). The van der Waals surface area contributed by atoms with Crippen molar-refractivity contribution in [1.82, 2.24) is 0 Å². The van der Waals surface area contributed by atoms with Gasteiger partial charge in [-0.2, -0.15) is 5.10 Å². The fraction of sp³-hybridized carbons (Fsp3) is 0.188. The van der Waals surface area contributed by atoms with Gasteiger partial charge in [-0.1, -0.05) is 41.7 Å². The molecule has 0 amide bonds. The summed E-state index contributed by atoms with van der Waals surface area (Å²) in [6, 6.07) is 11.2. The first-order valence-electron chi connectivity index (χ1n) is 6.76. The Labute approximate surface area is 148 Å². The third-order valence-electron chi connectivity index (χ3n) is 3.24. The van der Waals surface area contributed by atoms with Gasteiger partial charge in [0.1, 0.15) is 0 Å². The monoisotopic (exact) mass is 370 g/mol. The standard InChI is InChI=1S/C16H13Cl3N2S/c1-9-4-15(14-8-10(17)2-3-16(14)22-9)21-20-13-6-11(18)5-12(19)7-13/h2-3,5-9,20H,4H2,1H3. The summed E-state index contributed by atoms with van der Waals surface area (Å²) in [5.74, 6) is 0. The van der Waals surface area contributed by atoms with E-state index in [-0.39, 0.29) is 0 Å². The van der Waals surface area contributed by atoms with Gasteiger partial charge in [0.25, 0.3) is 0 Å². The Morgan fingerprint density at radius 3 is 2.50 bits per heavy atom. The molecule has 0 saturated heterocycles. The van der Waals surface area contributed by atoms with Crippen molar-refractivity contribution < 1.29 is 0 Å². The van der Waals surface area contributed by atoms with Crippen molar-refractivity contribution in [3.8, 4) is 0 Å². The topological polar surface area (TPSA) is 24.4 Å². The lowest BCUT2D eigenvalue weighted by atomic mass is 10.1. The van der Waals surface area contributed by atoms with Gasteiger partial charge in [-0.15, -0.1) is 11.8 Å². The van der Waals surface area contributed by atoms with Gasteiger partial charge in [-0.3, -0.25) is 5.43 Å². The fourth-order valence-electron chi connectivity index (χ4n) is 2.33. The van der Waals surface area contributed by atoms with Gasteiger partial charge < -0.3 is 0 Å². The van der Waals surface area contributed by atoms with Crippen molar-refractivity contribution in [3.05, 3.63) is 57.0 Å². The number of fused-ring (bicyclic) bond motifs is 1. The van der Waals surface area contributed by atoms with E-state index in [1.165, 1.54) is 4.90 Å². The van der Waals surface area contributed by atoms with Crippen molar-refractivity contribution in [1.29, 1.82) is 0 Å². The van der Waals surface area contributed by atoms with Gasteiger partial charge in [0.2, 0.25) is 0 Å².